The average molecular weight is 386 g/mol. The molecule has 0 unspecified atom stereocenters. The fourth-order valence-electron chi connectivity index (χ4n) is 2.31. The van der Waals surface area contributed by atoms with Crippen LogP contribution in [0, 0.1) is 17.0 Å². The molecule has 0 spiro atoms. The zero-order chi connectivity index (χ0) is 18.5. The van der Waals surface area contributed by atoms with Crippen LogP contribution in [0.3, 0.4) is 0 Å². The number of hydrogen-bond donors (Lipinski definition) is 1. The van der Waals surface area contributed by atoms with Gasteiger partial charge in [0.05, 0.1) is 4.92 Å². The largest absolute Gasteiger partial charge is 0.319 e. The SMILES string of the molecule is Cc1ccc(NC(=O)[C@H](Sc2nncs2)c2ccccc2)c([N+](=O)[O-])c1. The Hall–Kier alpha value is -2.78. The number of aryl methyl sites for hydroxylation is 1. The summed E-state index contributed by atoms with van der Waals surface area (Å²) in [4.78, 5) is 23.7. The van der Waals surface area contributed by atoms with Crippen molar-refractivity contribution in [2.75, 3.05) is 5.32 Å². The summed E-state index contributed by atoms with van der Waals surface area (Å²) in [5, 5.41) is 21.1. The lowest BCUT2D eigenvalue weighted by molar-refractivity contribution is -0.384. The van der Waals surface area contributed by atoms with E-state index in [1.807, 2.05) is 30.3 Å². The molecule has 1 heterocycles. The van der Waals surface area contributed by atoms with Crippen molar-refractivity contribution in [1.29, 1.82) is 0 Å². The highest BCUT2D eigenvalue weighted by Crippen LogP contribution is 2.37. The maximum Gasteiger partial charge on any atom is 0.293 e. The normalized spacial score (nSPS) is 11.7. The van der Waals surface area contributed by atoms with Gasteiger partial charge in [-0.15, -0.1) is 10.2 Å². The number of nitro groups is 1. The van der Waals surface area contributed by atoms with Crippen molar-refractivity contribution in [3.63, 3.8) is 0 Å². The number of aromatic nitrogens is 2. The van der Waals surface area contributed by atoms with Crippen molar-refractivity contribution in [1.82, 2.24) is 10.2 Å². The van der Waals surface area contributed by atoms with Gasteiger partial charge in [0.1, 0.15) is 16.4 Å². The fraction of sp³-hybridized carbons (Fsp3) is 0.118. The van der Waals surface area contributed by atoms with Gasteiger partial charge in [0.15, 0.2) is 4.34 Å². The standard InChI is InChI=1S/C17H14N4O3S2/c1-11-7-8-13(14(9-11)21(23)24)19-16(22)15(12-5-3-2-4-6-12)26-17-20-18-10-25-17/h2-10,15H,1H3,(H,19,22)/t15-/m1/s1. The van der Waals surface area contributed by atoms with Crippen molar-refractivity contribution in [3.8, 4) is 0 Å². The van der Waals surface area contributed by atoms with E-state index in [4.69, 9.17) is 0 Å². The number of carbonyl (C=O) groups excluding carboxylic acids is 1. The summed E-state index contributed by atoms with van der Waals surface area (Å²) in [7, 11) is 0. The van der Waals surface area contributed by atoms with Crippen LogP contribution in [-0.2, 0) is 4.79 Å². The minimum atomic E-state index is -0.606. The van der Waals surface area contributed by atoms with Crippen LogP contribution < -0.4 is 5.32 Å². The first kappa shape index (κ1) is 18.0. The number of rotatable bonds is 6. The predicted molar refractivity (Wildman–Crippen MR) is 101 cm³/mol. The molecule has 1 atom stereocenters. The van der Waals surface area contributed by atoms with Crippen LogP contribution >= 0.6 is 23.1 Å². The van der Waals surface area contributed by atoms with E-state index in [9.17, 15) is 14.9 Å². The second-order valence-electron chi connectivity index (χ2n) is 5.38. The first-order valence-electron chi connectivity index (χ1n) is 7.58. The third-order valence-corrected chi connectivity index (χ3v) is 5.57. The van der Waals surface area contributed by atoms with Gasteiger partial charge in [-0.2, -0.15) is 0 Å². The highest BCUT2D eigenvalue weighted by molar-refractivity contribution is 8.01. The van der Waals surface area contributed by atoms with E-state index in [1.54, 1.807) is 24.6 Å². The van der Waals surface area contributed by atoms with Crippen LogP contribution in [0.15, 0.2) is 58.4 Å². The maximum atomic E-state index is 12.9. The smallest absolute Gasteiger partial charge is 0.293 e. The summed E-state index contributed by atoms with van der Waals surface area (Å²) in [6.45, 7) is 1.76. The highest BCUT2D eigenvalue weighted by Gasteiger charge is 2.26. The van der Waals surface area contributed by atoms with Crippen molar-refractivity contribution in [2.45, 2.75) is 16.5 Å². The van der Waals surface area contributed by atoms with Crippen LogP contribution in [0.5, 0.6) is 0 Å². The molecule has 0 aliphatic rings. The minimum absolute atomic E-state index is 0.133. The molecule has 1 amide bonds. The molecule has 0 aliphatic carbocycles. The zero-order valence-electron chi connectivity index (χ0n) is 13.7. The van der Waals surface area contributed by atoms with Crippen LogP contribution in [0.1, 0.15) is 16.4 Å². The van der Waals surface area contributed by atoms with E-state index < -0.39 is 10.2 Å². The van der Waals surface area contributed by atoms with E-state index in [1.165, 1.54) is 29.2 Å². The third-order valence-electron chi connectivity index (χ3n) is 3.51. The van der Waals surface area contributed by atoms with Gasteiger partial charge in [-0.1, -0.05) is 59.5 Å². The van der Waals surface area contributed by atoms with Gasteiger partial charge in [-0.25, -0.2) is 0 Å². The van der Waals surface area contributed by atoms with Crippen LogP contribution in [0.4, 0.5) is 11.4 Å². The molecule has 2 aromatic carbocycles. The molecule has 7 nitrogen and oxygen atoms in total. The van der Waals surface area contributed by atoms with Crippen LogP contribution in [0.25, 0.3) is 0 Å². The van der Waals surface area contributed by atoms with Gasteiger partial charge < -0.3 is 5.32 Å². The van der Waals surface area contributed by atoms with Crippen molar-refractivity contribution in [3.05, 3.63) is 75.3 Å². The molecule has 26 heavy (non-hydrogen) atoms. The van der Waals surface area contributed by atoms with E-state index in [2.05, 4.69) is 15.5 Å². The number of carbonyl (C=O) groups is 1. The lowest BCUT2D eigenvalue weighted by Crippen LogP contribution is -2.19. The molecule has 132 valence electrons. The summed E-state index contributed by atoms with van der Waals surface area (Å²) in [5.74, 6) is -0.358. The minimum Gasteiger partial charge on any atom is -0.319 e. The summed E-state index contributed by atoms with van der Waals surface area (Å²) in [5.41, 5.74) is 3.15. The number of amides is 1. The quantitative estimate of drug-likeness (QED) is 0.387. The number of nitro benzene ring substituents is 1. The van der Waals surface area contributed by atoms with Gasteiger partial charge >= 0.3 is 0 Å². The molecule has 0 saturated carbocycles. The lowest BCUT2D eigenvalue weighted by atomic mass is 10.1. The topological polar surface area (TPSA) is 98.0 Å². The Morgan fingerprint density at radius 1 is 1.27 bits per heavy atom. The molecule has 1 N–H and O–H groups in total. The lowest BCUT2D eigenvalue weighted by Gasteiger charge is -2.15. The Bertz CT molecular complexity index is 917. The molecule has 0 saturated heterocycles. The van der Waals surface area contributed by atoms with Crippen molar-refractivity contribution >= 4 is 40.4 Å². The average Bonchev–Trinajstić information content (AvgIpc) is 3.15. The molecule has 0 fully saturated rings. The third kappa shape index (κ3) is 4.24. The van der Waals surface area contributed by atoms with E-state index in [0.29, 0.717) is 4.34 Å². The summed E-state index contributed by atoms with van der Waals surface area (Å²) < 4.78 is 0.646. The van der Waals surface area contributed by atoms with Crippen molar-refractivity contribution in [2.24, 2.45) is 0 Å². The summed E-state index contributed by atoms with van der Waals surface area (Å²) in [6.07, 6.45) is 0. The number of hydrogen-bond acceptors (Lipinski definition) is 7. The first-order valence-corrected chi connectivity index (χ1v) is 9.34. The fourth-order valence-corrected chi connectivity index (χ4v) is 3.99. The number of nitrogens with zero attached hydrogens (tertiary/aromatic N) is 3. The molecule has 0 radical (unpaired) electrons. The number of thioether (sulfide) groups is 1. The van der Waals surface area contributed by atoms with Gasteiger partial charge in [-0.3, -0.25) is 14.9 Å². The predicted octanol–water partition coefficient (Wildman–Crippen LogP) is 4.23. The van der Waals surface area contributed by atoms with Gasteiger partial charge in [0.25, 0.3) is 5.69 Å². The molecule has 0 aliphatic heterocycles. The number of nitrogens with one attached hydrogen (secondary N) is 1. The Morgan fingerprint density at radius 2 is 2.04 bits per heavy atom. The Balaban J connectivity index is 1.90. The Labute approximate surface area is 157 Å². The first-order chi connectivity index (χ1) is 12.5. The van der Waals surface area contributed by atoms with Gasteiger partial charge in [-0.05, 0) is 24.1 Å². The second kappa shape index (κ2) is 8.07. The van der Waals surface area contributed by atoms with Crippen molar-refractivity contribution < 1.29 is 9.72 Å². The number of anilines is 1. The van der Waals surface area contributed by atoms with E-state index >= 15 is 0 Å². The van der Waals surface area contributed by atoms with Crippen LogP contribution in [-0.4, -0.2) is 21.0 Å². The molecule has 3 rings (SSSR count). The molecule has 9 heteroatoms. The van der Waals surface area contributed by atoms with Gasteiger partial charge in [0, 0.05) is 6.07 Å². The molecular formula is C17H14N4O3S2. The molecular weight excluding hydrogens is 372 g/mol. The van der Waals surface area contributed by atoms with Gasteiger partial charge in [0.2, 0.25) is 5.91 Å². The molecule has 0 bridgehead atoms. The zero-order valence-corrected chi connectivity index (χ0v) is 15.3. The monoisotopic (exact) mass is 386 g/mol. The van der Waals surface area contributed by atoms with E-state index in [-0.39, 0.29) is 17.3 Å². The van der Waals surface area contributed by atoms with Crippen LogP contribution in [0.2, 0.25) is 0 Å². The van der Waals surface area contributed by atoms with E-state index in [0.717, 1.165) is 11.1 Å². The highest BCUT2D eigenvalue weighted by atomic mass is 32.2. The second-order valence-corrected chi connectivity index (χ2v) is 7.57. The Morgan fingerprint density at radius 3 is 2.69 bits per heavy atom. The summed E-state index contributed by atoms with van der Waals surface area (Å²) in [6, 6.07) is 13.9. The number of benzene rings is 2. The molecule has 1 aromatic heterocycles. The molecule has 3 aromatic rings. The Kier molecular flexibility index (Phi) is 5.59. The maximum absolute atomic E-state index is 12.9. The summed E-state index contributed by atoms with van der Waals surface area (Å²) >= 11 is 2.59.